The molecular formula is C14H15N3O4. The van der Waals surface area contributed by atoms with Gasteiger partial charge in [-0.15, -0.1) is 0 Å². The third-order valence-corrected chi connectivity index (χ3v) is 4.04. The van der Waals surface area contributed by atoms with Gasteiger partial charge in [-0.2, -0.15) is 0 Å². The third kappa shape index (κ3) is 2.42. The van der Waals surface area contributed by atoms with Gasteiger partial charge in [0.15, 0.2) is 0 Å². The second-order valence-corrected chi connectivity index (χ2v) is 5.22. The molecule has 1 saturated heterocycles. The van der Waals surface area contributed by atoms with Crippen LogP contribution < -0.4 is 0 Å². The van der Waals surface area contributed by atoms with Gasteiger partial charge in [-0.05, 0) is 25.0 Å². The number of carbonyl (C=O) groups is 1. The second-order valence-electron chi connectivity index (χ2n) is 5.22. The minimum absolute atomic E-state index is 0.0842. The minimum Gasteiger partial charge on any atom is -0.465 e. The highest BCUT2D eigenvalue weighted by Crippen LogP contribution is 2.29. The van der Waals surface area contributed by atoms with Gasteiger partial charge in [-0.3, -0.25) is 10.1 Å². The van der Waals surface area contributed by atoms with Crippen LogP contribution in [0.1, 0.15) is 18.9 Å². The van der Waals surface area contributed by atoms with Gasteiger partial charge in [0.2, 0.25) is 0 Å². The molecule has 3 rings (SSSR count). The number of carboxylic acid groups (broad SMARTS) is 1. The highest BCUT2D eigenvalue weighted by atomic mass is 16.6. The number of aromatic nitrogens is 1. The molecule has 1 aliphatic heterocycles. The van der Waals surface area contributed by atoms with E-state index < -0.39 is 11.0 Å². The zero-order chi connectivity index (χ0) is 15.0. The van der Waals surface area contributed by atoms with Crippen molar-refractivity contribution in [2.45, 2.75) is 18.9 Å². The summed E-state index contributed by atoms with van der Waals surface area (Å²) in [6, 6.07) is 6.94. The van der Waals surface area contributed by atoms with Crippen molar-refractivity contribution in [3.8, 4) is 0 Å². The van der Waals surface area contributed by atoms with E-state index in [-0.39, 0.29) is 11.7 Å². The van der Waals surface area contributed by atoms with Crippen LogP contribution >= 0.6 is 0 Å². The van der Waals surface area contributed by atoms with Crippen molar-refractivity contribution in [2.24, 2.45) is 0 Å². The maximum atomic E-state index is 10.9. The Balaban J connectivity index is 1.85. The van der Waals surface area contributed by atoms with E-state index in [0.717, 1.165) is 23.7 Å². The zero-order valence-electron chi connectivity index (χ0n) is 11.3. The quantitative estimate of drug-likeness (QED) is 0.680. The fraction of sp³-hybridized carbons (Fsp3) is 0.357. The van der Waals surface area contributed by atoms with Gasteiger partial charge in [0, 0.05) is 48.4 Å². The molecule has 21 heavy (non-hydrogen) atoms. The van der Waals surface area contributed by atoms with Gasteiger partial charge < -0.3 is 14.6 Å². The molecule has 110 valence electrons. The Morgan fingerprint density at radius 3 is 2.62 bits per heavy atom. The van der Waals surface area contributed by atoms with Crippen LogP contribution in [0.4, 0.5) is 10.5 Å². The van der Waals surface area contributed by atoms with E-state index in [4.69, 9.17) is 5.11 Å². The molecule has 7 nitrogen and oxygen atoms in total. The lowest BCUT2D eigenvalue weighted by Gasteiger charge is -2.31. The number of nitrogens with zero attached hydrogens (tertiary/aromatic N) is 3. The van der Waals surface area contributed by atoms with E-state index in [9.17, 15) is 14.9 Å². The zero-order valence-corrected chi connectivity index (χ0v) is 11.3. The molecular weight excluding hydrogens is 274 g/mol. The van der Waals surface area contributed by atoms with Crippen LogP contribution in [0.2, 0.25) is 0 Å². The van der Waals surface area contributed by atoms with Crippen molar-refractivity contribution in [3.05, 3.63) is 40.6 Å². The highest BCUT2D eigenvalue weighted by Gasteiger charge is 2.24. The van der Waals surface area contributed by atoms with E-state index in [1.807, 2.05) is 12.3 Å². The predicted molar refractivity (Wildman–Crippen MR) is 76.5 cm³/mol. The van der Waals surface area contributed by atoms with Gasteiger partial charge in [-0.1, -0.05) is 0 Å². The fourth-order valence-corrected chi connectivity index (χ4v) is 2.92. The van der Waals surface area contributed by atoms with E-state index in [0.29, 0.717) is 13.1 Å². The molecule has 0 atom stereocenters. The van der Waals surface area contributed by atoms with Crippen LogP contribution in [-0.4, -0.2) is 38.7 Å². The highest BCUT2D eigenvalue weighted by molar-refractivity contribution is 5.82. The number of hydrogen-bond donors (Lipinski definition) is 1. The summed E-state index contributed by atoms with van der Waals surface area (Å²) in [5, 5.41) is 20.6. The van der Waals surface area contributed by atoms with Crippen LogP contribution in [0.5, 0.6) is 0 Å². The fourth-order valence-electron chi connectivity index (χ4n) is 2.92. The van der Waals surface area contributed by atoms with Crippen molar-refractivity contribution >= 4 is 22.7 Å². The average Bonchev–Trinajstić information content (AvgIpc) is 2.90. The van der Waals surface area contributed by atoms with E-state index in [2.05, 4.69) is 4.57 Å². The summed E-state index contributed by atoms with van der Waals surface area (Å²) in [5.74, 6) is 0. The molecule has 1 aliphatic rings. The molecule has 2 aromatic rings. The van der Waals surface area contributed by atoms with Crippen molar-refractivity contribution < 1.29 is 14.8 Å². The van der Waals surface area contributed by atoms with Crippen LogP contribution in [-0.2, 0) is 0 Å². The topological polar surface area (TPSA) is 88.6 Å². The van der Waals surface area contributed by atoms with E-state index >= 15 is 0 Å². The first-order valence-electron chi connectivity index (χ1n) is 6.79. The molecule has 1 aromatic carbocycles. The number of rotatable bonds is 2. The number of non-ortho nitro benzene ring substituents is 1. The Morgan fingerprint density at radius 2 is 2.00 bits per heavy atom. The molecule has 0 unspecified atom stereocenters. The van der Waals surface area contributed by atoms with E-state index in [1.165, 1.54) is 11.0 Å². The largest absolute Gasteiger partial charge is 0.465 e. The summed E-state index contributed by atoms with van der Waals surface area (Å²) in [6.07, 6.45) is 2.57. The lowest BCUT2D eigenvalue weighted by molar-refractivity contribution is -0.384. The molecule has 0 saturated carbocycles. The second kappa shape index (κ2) is 5.08. The number of fused-ring (bicyclic) bond motifs is 1. The van der Waals surface area contributed by atoms with Crippen molar-refractivity contribution in [1.29, 1.82) is 0 Å². The Kier molecular flexibility index (Phi) is 3.25. The first-order chi connectivity index (χ1) is 10.1. The lowest BCUT2D eigenvalue weighted by Crippen LogP contribution is -2.37. The summed E-state index contributed by atoms with van der Waals surface area (Å²) in [4.78, 5) is 22.7. The normalized spacial score (nSPS) is 16.3. The Labute approximate surface area is 120 Å². The van der Waals surface area contributed by atoms with Crippen LogP contribution in [0, 0.1) is 10.1 Å². The summed E-state index contributed by atoms with van der Waals surface area (Å²) >= 11 is 0. The number of nitro benzene ring substituents is 1. The summed E-state index contributed by atoms with van der Waals surface area (Å²) < 4.78 is 2.10. The molecule has 0 radical (unpaired) electrons. The van der Waals surface area contributed by atoms with Crippen LogP contribution in [0.3, 0.4) is 0 Å². The summed E-state index contributed by atoms with van der Waals surface area (Å²) in [7, 11) is 0. The average molecular weight is 289 g/mol. The maximum absolute atomic E-state index is 10.9. The van der Waals surface area contributed by atoms with Gasteiger partial charge in [0.1, 0.15) is 0 Å². The summed E-state index contributed by atoms with van der Waals surface area (Å²) in [6.45, 7) is 1.04. The predicted octanol–water partition coefficient (Wildman–Crippen LogP) is 2.86. The van der Waals surface area contributed by atoms with Gasteiger partial charge in [-0.25, -0.2) is 4.79 Å². The number of amides is 1. The standard InChI is InChI=1S/C14H15N3O4/c18-14(19)15-6-4-11(5-7-15)16-8-3-10-9-12(17(20)21)1-2-13(10)16/h1-3,8-9,11H,4-7H2,(H,18,19). The molecule has 7 heteroatoms. The third-order valence-electron chi connectivity index (χ3n) is 4.04. The summed E-state index contributed by atoms with van der Waals surface area (Å²) in [5.41, 5.74) is 1.04. The van der Waals surface area contributed by atoms with Crippen molar-refractivity contribution in [1.82, 2.24) is 9.47 Å². The number of benzene rings is 1. The Hall–Kier alpha value is -2.57. The Morgan fingerprint density at radius 1 is 1.29 bits per heavy atom. The lowest BCUT2D eigenvalue weighted by atomic mass is 10.0. The number of hydrogen-bond acceptors (Lipinski definition) is 3. The van der Waals surface area contributed by atoms with Crippen LogP contribution in [0.15, 0.2) is 30.5 Å². The van der Waals surface area contributed by atoms with Gasteiger partial charge in [0.05, 0.1) is 4.92 Å². The molecule has 0 spiro atoms. The molecule has 2 heterocycles. The molecule has 1 fully saturated rings. The molecule has 1 aromatic heterocycles. The van der Waals surface area contributed by atoms with Gasteiger partial charge in [0.25, 0.3) is 5.69 Å². The number of nitro groups is 1. The van der Waals surface area contributed by atoms with Gasteiger partial charge >= 0.3 is 6.09 Å². The maximum Gasteiger partial charge on any atom is 0.407 e. The number of piperidine rings is 1. The first-order valence-corrected chi connectivity index (χ1v) is 6.79. The molecule has 1 amide bonds. The monoisotopic (exact) mass is 289 g/mol. The molecule has 1 N–H and O–H groups in total. The van der Waals surface area contributed by atoms with Crippen LogP contribution in [0.25, 0.3) is 10.9 Å². The molecule has 0 aliphatic carbocycles. The smallest absolute Gasteiger partial charge is 0.407 e. The van der Waals surface area contributed by atoms with Crippen molar-refractivity contribution in [3.63, 3.8) is 0 Å². The van der Waals surface area contributed by atoms with Crippen molar-refractivity contribution in [2.75, 3.05) is 13.1 Å². The Bertz CT molecular complexity index is 701. The number of likely N-dealkylation sites (tertiary alicyclic amines) is 1. The minimum atomic E-state index is -0.874. The SMILES string of the molecule is O=C(O)N1CCC(n2ccc3cc([N+](=O)[O-])ccc32)CC1. The molecule has 0 bridgehead atoms. The first kappa shape index (κ1) is 13.4. The van der Waals surface area contributed by atoms with E-state index in [1.54, 1.807) is 12.1 Å².